The number of alkyl halides is 4. The predicted molar refractivity (Wildman–Crippen MR) is 51.0 cm³/mol. The summed E-state index contributed by atoms with van der Waals surface area (Å²) in [5.74, 6) is 0. The van der Waals surface area contributed by atoms with E-state index in [1.165, 1.54) is 0 Å². The minimum absolute atomic E-state index is 0.850. The largest absolute Gasteiger partial charge is 0.203 e. The Morgan fingerprint density at radius 1 is 1.22 bits per heavy atom. The molecule has 0 aromatic carbocycles. The molecule has 7 heteroatoms. The lowest BCUT2D eigenvalue weighted by atomic mass is 10.9. The van der Waals surface area contributed by atoms with E-state index >= 15 is 0 Å². The van der Waals surface area contributed by atoms with E-state index in [2.05, 4.69) is 0 Å². The van der Waals surface area contributed by atoms with Crippen LogP contribution in [0.3, 0.4) is 0 Å². The Hall–Kier alpha value is 2.15. The highest BCUT2D eigenvalue weighted by molar-refractivity contribution is 8.86. The van der Waals surface area contributed by atoms with Gasteiger partial charge in [0, 0.05) is 10.0 Å². The van der Waals surface area contributed by atoms with E-state index in [-0.39, 0.29) is 0 Å². The average molecular weight is 266 g/mol. The molecule has 56 valence electrons. The fourth-order valence-electron chi connectivity index (χ4n) is 0.0784. The molecule has 0 aromatic heterocycles. The van der Waals surface area contributed by atoms with Crippen LogP contribution in [0, 0.1) is 0 Å². The van der Waals surface area contributed by atoms with Gasteiger partial charge in [-0.05, 0) is 21.5 Å². The summed E-state index contributed by atoms with van der Waals surface area (Å²) in [4.78, 5) is -0.850. The average Bonchev–Trinajstić information content (AvgIpc) is 1.65. The van der Waals surface area contributed by atoms with Gasteiger partial charge >= 0.3 is 0 Å². The molecule has 0 heterocycles. The van der Waals surface area contributed by atoms with Crippen molar-refractivity contribution in [1.29, 1.82) is 0 Å². The molecule has 0 fully saturated rings. The molecule has 9 heavy (non-hydrogen) atoms. The molecule has 0 N–H and O–H groups in total. The van der Waals surface area contributed by atoms with Crippen molar-refractivity contribution in [2.75, 3.05) is 0 Å². The van der Waals surface area contributed by atoms with Crippen LogP contribution in [0.5, 0.6) is 0 Å². The van der Waals surface area contributed by atoms with Crippen molar-refractivity contribution in [3.63, 3.8) is 0 Å². The van der Waals surface area contributed by atoms with Crippen LogP contribution in [-0.4, -0.2) is 8.50 Å². The minimum Gasteiger partial charge on any atom is -0.101 e. The maximum Gasteiger partial charge on any atom is 0.203 e. The van der Waals surface area contributed by atoms with Crippen molar-refractivity contribution >= 4 is 77.9 Å². The van der Waals surface area contributed by atoms with Crippen LogP contribution in [0.1, 0.15) is 0 Å². The quantitative estimate of drug-likeness (QED) is 0.546. The number of rotatable bonds is 3. The molecule has 0 saturated heterocycles. The highest BCUT2D eigenvalue weighted by Crippen LogP contribution is 2.49. The molecule has 0 radical (unpaired) electrons. The lowest BCUT2D eigenvalue weighted by Crippen LogP contribution is -2.14. The van der Waals surface area contributed by atoms with Crippen LogP contribution < -0.4 is 0 Å². The fourth-order valence-corrected chi connectivity index (χ4v) is 3.40. The van der Waals surface area contributed by atoms with Crippen molar-refractivity contribution in [3.05, 3.63) is 0 Å². The second kappa shape index (κ2) is 4.91. The van der Waals surface area contributed by atoms with Gasteiger partial charge in [0.25, 0.3) is 0 Å². The fraction of sp³-hybridized carbons (Fsp3) is 1.00. The Labute approximate surface area is 85.8 Å². The Balaban J connectivity index is 3.70. The molecule has 0 unspecified atom stereocenters. The van der Waals surface area contributed by atoms with Crippen LogP contribution in [0.2, 0.25) is 0 Å². The summed E-state index contributed by atoms with van der Waals surface area (Å²) < 4.78 is -1.23. The lowest BCUT2D eigenvalue weighted by Gasteiger charge is -2.16. The van der Waals surface area contributed by atoms with E-state index in [9.17, 15) is 0 Å². The molecule has 0 saturated carbocycles. The number of halogens is 5. The Kier molecular flexibility index (Phi) is 6.09. The first-order chi connectivity index (χ1) is 4.00. The zero-order valence-electron chi connectivity index (χ0n) is 3.78. The van der Waals surface area contributed by atoms with Crippen molar-refractivity contribution in [2.24, 2.45) is 0 Å². The summed E-state index contributed by atoms with van der Waals surface area (Å²) in [6.45, 7) is 0. The first kappa shape index (κ1) is 11.2. The summed E-state index contributed by atoms with van der Waals surface area (Å²) in [6, 6.07) is 0. The van der Waals surface area contributed by atoms with E-state index in [0.29, 0.717) is 0 Å². The Bertz CT molecular complexity index is 83.0. The van der Waals surface area contributed by atoms with Crippen LogP contribution in [0.15, 0.2) is 0 Å². The van der Waals surface area contributed by atoms with Gasteiger partial charge < -0.3 is 0 Å². The SMILES string of the molecule is ClSSC(Cl)(Cl)C(Cl)Cl. The van der Waals surface area contributed by atoms with Gasteiger partial charge in [-0.15, -0.1) is 23.2 Å². The molecule has 0 rings (SSSR count). The molecular weight excluding hydrogens is 265 g/mol. The molecule has 0 spiro atoms. The summed E-state index contributed by atoms with van der Waals surface area (Å²) in [6.07, 6.45) is 0. The van der Waals surface area contributed by atoms with Gasteiger partial charge in [-0.25, -0.2) is 0 Å². The summed E-state index contributed by atoms with van der Waals surface area (Å²) in [7, 11) is 7.11. The molecule has 0 amide bonds. The monoisotopic (exact) mass is 264 g/mol. The smallest absolute Gasteiger partial charge is 0.101 e. The predicted octanol–water partition coefficient (Wildman–Crippen LogP) is 4.46. The summed E-state index contributed by atoms with van der Waals surface area (Å²) >= 11 is 21.8. The van der Waals surface area contributed by atoms with Crippen molar-refractivity contribution in [2.45, 2.75) is 8.50 Å². The van der Waals surface area contributed by atoms with E-state index < -0.39 is 8.50 Å². The van der Waals surface area contributed by atoms with Crippen LogP contribution in [-0.2, 0) is 0 Å². The molecule has 0 atom stereocenters. The Morgan fingerprint density at radius 3 is 1.78 bits per heavy atom. The maximum absolute atomic E-state index is 5.53. The van der Waals surface area contributed by atoms with Gasteiger partial charge in [-0.3, -0.25) is 0 Å². The topological polar surface area (TPSA) is 0 Å². The third-order valence-electron chi connectivity index (χ3n) is 0.397. The summed E-state index contributed by atoms with van der Waals surface area (Å²) in [5, 5.41) is 0. The standard InChI is InChI=1S/C2HCl5S2/c3-1(4)2(5,6)8-9-7/h1H. The second-order valence-electron chi connectivity index (χ2n) is 1.01. The van der Waals surface area contributed by atoms with Gasteiger partial charge in [0.2, 0.25) is 3.67 Å². The molecule has 0 bridgehead atoms. The van der Waals surface area contributed by atoms with Crippen molar-refractivity contribution in [1.82, 2.24) is 0 Å². The van der Waals surface area contributed by atoms with Gasteiger partial charge in [0.1, 0.15) is 0 Å². The van der Waals surface area contributed by atoms with E-state index in [1.807, 2.05) is 0 Å². The van der Waals surface area contributed by atoms with Crippen LogP contribution in [0.25, 0.3) is 0 Å². The Morgan fingerprint density at radius 2 is 1.67 bits per heavy atom. The van der Waals surface area contributed by atoms with Crippen molar-refractivity contribution < 1.29 is 0 Å². The normalized spacial score (nSPS) is 12.7. The zero-order chi connectivity index (χ0) is 7.49. The van der Waals surface area contributed by atoms with Gasteiger partial charge in [0.05, 0.1) is 0 Å². The van der Waals surface area contributed by atoms with Crippen LogP contribution >= 0.6 is 77.9 Å². The molecule has 0 aliphatic heterocycles. The molecule has 0 aromatic rings. The first-order valence-corrected chi connectivity index (χ1v) is 6.23. The summed E-state index contributed by atoms with van der Waals surface area (Å²) in [5.41, 5.74) is 0. The van der Waals surface area contributed by atoms with Gasteiger partial charge in [-0.2, -0.15) is 0 Å². The van der Waals surface area contributed by atoms with Crippen LogP contribution in [0.4, 0.5) is 0 Å². The first-order valence-electron chi connectivity index (χ1n) is 1.63. The van der Waals surface area contributed by atoms with Gasteiger partial charge in [0.15, 0.2) is 4.84 Å². The highest BCUT2D eigenvalue weighted by Gasteiger charge is 2.33. The lowest BCUT2D eigenvalue weighted by molar-refractivity contribution is 1.22. The number of hydrogen-bond donors (Lipinski definition) is 0. The molecule has 0 aliphatic rings. The number of hydrogen-bond acceptors (Lipinski definition) is 2. The highest BCUT2D eigenvalue weighted by atomic mass is 35.7. The minimum atomic E-state index is -1.23. The second-order valence-corrected chi connectivity index (χ2v) is 6.89. The molecular formula is C2HCl5S2. The van der Waals surface area contributed by atoms with E-state index in [4.69, 9.17) is 57.1 Å². The third kappa shape index (κ3) is 4.57. The molecule has 0 aliphatic carbocycles. The molecule has 0 nitrogen and oxygen atoms in total. The van der Waals surface area contributed by atoms with E-state index in [0.717, 1.165) is 20.8 Å². The van der Waals surface area contributed by atoms with Crippen molar-refractivity contribution in [3.8, 4) is 0 Å². The van der Waals surface area contributed by atoms with Gasteiger partial charge in [-0.1, -0.05) is 23.2 Å². The zero-order valence-corrected chi connectivity index (χ0v) is 9.20. The van der Waals surface area contributed by atoms with E-state index in [1.54, 1.807) is 0 Å². The third-order valence-corrected chi connectivity index (χ3v) is 5.27. The maximum atomic E-state index is 5.53.